The van der Waals surface area contributed by atoms with Crippen molar-refractivity contribution in [2.45, 2.75) is 17.6 Å². The Bertz CT molecular complexity index is 639. The van der Waals surface area contributed by atoms with Crippen molar-refractivity contribution in [3.8, 4) is 0 Å². The average molecular weight is 286 g/mol. The molecule has 2 rings (SSSR count). The molecule has 0 aliphatic heterocycles. The first-order valence-electron chi connectivity index (χ1n) is 5.81. The third-order valence-electron chi connectivity index (χ3n) is 3.19. The molecule has 1 N–H and O–H groups in total. The Kier molecular flexibility index (Phi) is 3.01. The van der Waals surface area contributed by atoms with Gasteiger partial charge in [-0.1, -0.05) is 55.0 Å². The van der Waals surface area contributed by atoms with Crippen LogP contribution in [-0.4, -0.2) is 18.2 Å². The smallest absolute Gasteiger partial charge is 0.272 e. The molecule has 2 atom stereocenters. The van der Waals surface area contributed by atoms with E-state index in [1.54, 1.807) is 43.4 Å². The molecule has 0 fully saturated rings. The average Bonchev–Trinajstić information content (AvgIpc) is 2.39. The van der Waals surface area contributed by atoms with Crippen LogP contribution >= 0.6 is 11.6 Å². The Morgan fingerprint density at radius 2 is 2.22 bits per heavy atom. The molecule has 96 valence electrons. The summed E-state index contributed by atoms with van der Waals surface area (Å²) in [5.41, 5.74) is -0.0641. The van der Waals surface area contributed by atoms with Crippen LogP contribution in [0.25, 0.3) is 1.43 Å². The van der Waals surface area contributed by atoms with Crippen LogP contribution in [0.4, 0.5) is 0 Å². The first-order valence-corrected chi connectivity index (χ1v) is 7.26. The third kappa shape index (κ3) is 2.36. The highest BCUT2D eigenvalue weighted by molar-refractivity contribution is 7.86. The molecule has 1 aromatic carbocycles. The highest BCUT2D eigenvalue weighted by Gasteiger charge is 2.41. The van der Waals surface area contributed by atoms with Crippen molar-refractivity contribution in [3.63, 3.8) is 0 Å². The second-order valence-corrected chi connectivity index (χ2v) is 6.38. The van der Waals surface area contributed by atoms with Crippen LogP contribution in [0.2, 0.25) is 5.02 Å². The van der Waals surface area contributed by atoms with Crippen molar-refractivity contribution in [1.29, 1.82) is 1.43 Å². The van der Waals surface area contributed by atoms with E-state index in [1.165, 1.54) is 6.08 Å². The van der Waals surface area contributed by atoms with E-state index < -0.39 is 20.8 Å². The second-order valence-electron chi connectivity index (χ2n) is 4.45. The summed E-state index contributed by atoms with van der Waals surface area (Å²) in [6.45, 7) is 1.78. The van der Waals surface area contributed by atoms with E-state index in [-0.39, 0.29) is 0 Å². The highest BCUT2D eigenvalue weighted by Crippen LogP contribution is 2.36. The zero-order valence-corrected chi connectivity index (χ0v) is 11.3. The first-order chi connectivity index (χ1) is 8.90. The van der Waals surface area contributed by atoms with Gasteiger partial charge < -0.3 is 0 Å². The predicted octanol–water partition coefficient (Wildman–Crippen LogP) is 2.98. The Morgan fingerprint density at radius 3 is 2.89 bits per heavy atom. The fourth-order valence-electron chi connectivity index (χ4n) is 2.20. The van der Waals surface area contributed by atoms with E-state index in [4.69, 9.17) is 13.0 Å². The maximum atomic E-state index is 11.9. The lowest BCUT2D eigenvalue weighted by molar-refractivity contribution is 0.450. The van der Waals surface area contributed by atoms with Crippen molar-refractivity contribution >= 4 is 21.7 Å². The minimum atomic E-state index is -4.00. The molecule has 3 nitrogen and oxygen atoms in total. The van der Waals surface area contributed by atoms with Crippen molar-refractivity contribution < 1.29 is 13.0 Å². The van der Waals surface area contributed by atoms with Crippen LogP contribution in [-0.2, 0) is 15.5 Å². The maximum Gasteiger partial charge on any atom is 0.272 e. The molecule has 2 unspecified atom stereocenters. The van der Waals surface area contributed by atoms with Crippen LogP contribution in [0.1, 0.15) is 12.5 Å². The lowest BCUT2D eigenvalue weighted by Gasteiger charge is -2.33. The van der Waals surface area contributed by atoms with Gasteiger partial charge in [0.2, 0.25) is 1.43 Å². The summed E-state index contributed by atoms with van der Waals surface area (Å²) in [7, 11) is -4.00. The van der Waals surface area contributed by atoms with Crippen LogP contribution in [0.5, 0.6) is 0 Å². The van der Waals surface area contributed by atoms with Gasteiger partial charge in [0.1, 0.15) is 5.25 Å². The van der Waals surface area contributed by atoms with Gasteiger partial charge in [0.25, 0.3) is 10.1 Å². The summed E-state index contributed by atoms with van der Waals surface area (Å²) in [6, 6.07) is 7.01. The van der Waals surface area contributed by atoms with E-state index >= 15 is 0 Å². The predicted molar refractivity (Wildman–Crippen MR) is 72.4 cm³/mol. The van der Waals surface area contributed by atoms with E-state index in [0.29, 0.717) is 5.02 Å². The number of halogens is 1. The SMILES string of the molecule is [2H]OS(=O)(=O)C1C=CC=CC1(C)c1cccc(Cl)c1. The molecule has 5 heteroatoms. The zero-order chi connectivity index (χ0) is 14.1. The molecule has 0 saturated heterocycles. The quantitative estimate of drug-likeness (QED) is 0.869. The highest BCUT2D eigenvalue weighted by atomic mass is 35.5. The lowest BCUT2D eigenvalue weighted by Crippen LogP contribution is -2.40. The largest absolute Gasteiger partial charge is 0.285 e. The molecule has 1 aliphatic carbocycles. The minimum absolute atomic E-state index is 0.532. The number of benzene rings is 1. The number of allylic oxidation sites excluding steroid dienone is 3. The lowest BCUT2D eigenvalue weighted by atomic mass is 9.77. The van der Waals surface area contributed by atoms with Gasteiger partial charge in [0, 0.05) is 10.4 Å². The normalized spacial score (nSPS) is 28.1. The van der Waals surface area contributed by atoms with Gasteiger partial charge >= 0.3 is 0 Å². The van der Waals surface area contributed by atoms with Gasteiger partial charge in [-0.2, -0.15) is 8.42 Å². The molecule has 0 amide bonds. The minimum Gasteiger partial charge on any atom is -0.285 e. The molecule has 0 saturated carbocycles. The molecule has 0 radical (unpaired) electrons. The van der Waals surface area contributed by atoms with Crippen LogP contribution in [0.3, 0.4) is 0 Å². The summed E-state index contributed by atoms with van der Waals surface area (Å²) in [5.74, 6) is 0. The van der Waals surface area contributed by atoms with Crippen molar-refractivity contribution in [1.82, 2.24) is 0 Å². The Labute approximate surface area is 113 Å². The van der Waals surface area contributed by atoms with Crippen LogP contribution in [0, 0.1) is 0 Å². The zero-order valence-electron chi connectivity index (χ0n) is 10.7. The van der Waals surface area contributed by atoms with E-state index in [9.17, 15) is 8.42 Å². The Balaban J connectivity index is 2.56. The van der Waals surface area contributed by atoms with E-state index in [1.807, 2.05) is 6.07 Å². The monoisotopic (exact) mass is 285 g/mol. The molecule has 0 bridgehead atoms. The molecule has 0 spiro atoms. The Hall–Kier alpha value is -1.10. The van der Waals surface area contributed by atoms with Crippen LogP contribution in [0.15, 0.2) is 48.6 Å². The molecule has 18 heavy (non-hydrogen) atoms. The summed E-state index contributed by atoms with van der Waals surface area (Å²) in [5, 5.41) is -0.425. The van der Waals surface area contributed by atoms with Crippen LogP contribution < -0.4 is 0 Å². The van der Waals surface area contributed by atoms with Gasteiger partial charge in [0.15, 0.2) is 0 Å². The standard InChI is InChI=1S/C13H13ClO3S/c1-13(10-5-4-6-11(14)9-10)8-3-2-7-12(13)18(15,16)17/h2-9,12H,1H3,(H,15,16,17)/i/hD. The Morgan fingerprint density at radius 1 is 1.44 bits per heavy atom. The molecule has 0 heterocycles. The fourth-order valence-corrected chi connectivity index (χ4v) is 3.48. The van der Waals surface area contributed by atoms with Gasteiger partial charge in [-0.25, -0.2) is 0 Å². The number of rotatable bonds is 3. The first kappa shape index (κ1) is 12.0. The topological polar surface area (TPSA) is 54.4 Å². The molecule has 0 aromatic heterocycles. The molecule has 1 aromatic rings. The fraction of sp³-hybridized carbons (Fsp3) is 0.231. The van der Waals surface area contributed by atoms with Gasteiger partial charge in [-0.3, -0.25) is 4.56 Å². The van der Waals surface area contributed by atoms with Gasteiger partial charge in [0.05, 0.1) is 0 Å². The van der Waals surface area contributed by atoms with Gasteiger partial charge in [-0.15, -0.1) is 0 Å². The van der Waals surface area contributed by atoms with Crippen molar-refractivity contribution in [2.75, 3.05) is 0 Å². The van der Waals surface area contributed by atoms with Gasteiger partial charge in [-0.05, 0) is 17.7 Å². The van der Waals surface area contributed by atoms with Crippen molar-refractivity contribution in [2.24, 2.45) is 0 Å². The number of hydrogen-bond acceptors (Lipinski definition) is 3. The molecule has 1 aliphatic rings. The van der Waals surface area contributed by atoms with E-state index in [2.05, 4.69) is 4.56 Å². The maximum absolute atomic E-state index is 11.9. The summed E-state index contributed by atoms with van der Waals surface area (Å²) < 4.78 is 34.5. The summed E-state index contributed by atoms with van der Waals surface area (Å²) >= 11 is 5.96. The second kappa shape index (κ2) is 4.53. The van der Waals surface area contributed by atoms with E-state index in [0.717, 1.165) is 5.56 Å². The molecular formula is C13H13ClO3S. The third-order valence-corrected chi connectivity index (χ3v) is 4.69. The van der Waals surface area contributed by atoms with Crippen molar-refractivity contribution in [3.05, 3.63) is 59.2 Å². The molecular weight excluding hydrogens is 272 g/mol. The summed E-state index contributed by atoms with van der Waals surface area (Å²) in [4.78, 5) is 0. The number of hydrogen-bond donors (Lipinski definition) is 1. The summed E-state index contributed by atoms with van der Waals surface area (Å²) in [6.07, 6.45) is 6.70.